The molecule has 1 heterocycles. The van der Waals surface area contributed by atoms with Gasteiger partial charge in [0.05, 0.1) is 58.2 Å². The zero-order valence-corrected chi connectivity index (χ0v) is 43.5. The molecule has 354 valence electrons. The molecule has 1 aliphatic carbocycles. The molecule has 0 radical (unpaired) electrons. The molecular weight excluding hydrogens is 877 g/mol. The van der Waals surface area contributed by atoms with Gasteiger partial charge < -0.3 is 0 Å². The minimum absolute atomic E-state index is 0.306. The quantitative estimate of drug-likeness (QED) is 0.161. The molecule has 6 heteroatoms. The molecule has 0 aliphatic heterocycles. The average molecular weight is 937 g/mol. The van der Waals surface area contributed by atoms with Gasteiger partial charge in [0, 0.05) is 12.4 Å². The Balaban J connectivity index is 1.63. The molecule has 0 N–H and O–H groups in total. The van der Waals surface area contributed by atoms with E-state index in [1.54, 1.807) is 12.4 Å². The van der Waals surface area contributed by atoms with Gasteiger partial charge in [-0.1, -0.05) is 107 Å². The van der Waals surface area contributed by atoms with Gasteiger partial charge in [0.2, 0.25) is 0 Å². The maximum atomic E-state index is 11.0. The van der Waals surface area contributed by atoms with E-state index in [-0.39, 0.29) is 21.7 Å². The van der Waals surface area contributed by atoms with Crippen molar-refractivity contribution in [1.82, 2.24) is 4.98 Å². The number of pyridine rings is 1. The first-order valence-corrected chi connectivity index (χ1v) is 24.2. The number of fused-ring (bicyclic) bond motifs is 10. The molecule has 6 nitrogen and oxygen atoms in total. The lowest BCUT2D eigenvalue weighted by Gasteiger charge is -2.22. The summed E-state index contributed by atoms with van der Waals surface area (Å²) in [4.78, 5) is 4.25. The highest BCUT2D eigenvalue weighted by molar-refractivity contribution is 5.98. The van der Waals surface area contributed by atoms with E-state index in [9.17, 15) is 26.3 Å². The van der Waals surface area contributed by atoms with Crippen LogP contribution < -0.4 is 0 Å². The van der Waals surface area contributed by atoms with E-state index < -0.39 is 0 Å². The Kier molecular flexibility index (Phi) is 14.3. The number of hydrogen-bond donors (Lipinski definition) is 0. The Morgan fingerprint density at radius 1 is 0.278 bits per heavy atom. The number of nitriles is 5. The van der Waals surface area contributed by atoms with Crippen LogP contribution in [0.3, 0.4) is 0 Å². The Bertz CT molecular complexity index is 3500. The fourth-order valence-corrected chi connectivity index (χ4v) is 8.63. The highest BCUT2D eigenvalue weighted by Gasteiger charge is 2.22. The molecule has 5 aromatic carbocycles. The Labute approximate surface area is 427 Å². The topological polar surface area (TPSA) is 132 Å². The molecule has 10 bridgehead atoms. The van der Waals surface area contributed by atoms with Crippen molar-refractivity contribution < 1.29 is 0 Å². The maximum Gasteiger partial charge on any atom is 0.0998 e. The van der Waals surface area contributed by atoms with Crippen LogP contribution in [0.4, 0.5) is 0 Å². The van der Waals surface area contributed by atoms with Gasteiger partial charge in [-0.15, -0.1) is 0 Å². The number of benzene rings is 5. The van der Waals surface area contributed by atoms with Gasteiger partial charge in [-0.25, -0.2) is 0 Å². The van der Waals surface area contributed by atoms with Crippen molar-refractivity contribution in [3.8, 4) is 41.5 Å². The van der Waals surface area contributed by atoms with Gasteiger partial charge in [0.1, 0.15) is 0 Å². The number of aromatic nitrogens is 1. The van der Waals surface area contributed by atoms with Crippen molar-refractivity contribution in [3.05, 3.63) is 193 Å². The molecule has 0 amide bonds. The summed E-state index contributed by atoms with van der Waals surface area (Å²) in [6.07, 6.45) is 12.8. The first-order chi connectivity index (χ1) is 33.9. The van der Waals surface area contributed by atoms with E-state index in [2.05, 4.69) is 143 Å². The molecule has 0 fully saturated rings. The van der Waals surface area contributed by atoms with Gasteiger partial charge >= 0.3 is 0 Å². The fourth-order valence-electron chi connectivity index (χ4n) is 8.63. The normalized spacial score (nSPS) is 16.2. The molecule has 0 saturated heterocycles. The maximum absolute atomic E-state index is 11.0. The van der Waals surface area contributed by atoms with E-state index in [1.807, 2.05) is 109 Å². The number of allylic oxidation sites excluding steroid dienone is 5. The van der Waals surface area contributed by atoms with Crippen molar-refractivity contribution in [1.29, 1.82) is 26.3 Å². The molecule has 0 atom stereocenters. The van der Waals surface area contributed by atoms with Gasteiger partial charge in [0.25, 0.3) is 0 Å². The molecular formula is C66H60N6. The van der Waals surface area contributed by atoms with Crippen molar-refractivity contribution in [2.75, 3.05) is 0 Å². The predicted octanol–water partition coefficient (Wildman–Crippen LogP) is 16.6. The zero-order valence-electron chi connectivity index (χ0n) is 43.5. The number of rotatable bonds is 1. The van der Waals surface area contributed by atoms with Crippen LogP contribution in [0.5, 0.6) is 0 Å². The number of hydrogen-bond acceptors (Lipinski definition) is 6. The Morgan fingerprint density at radius 3 is 0.736 bits per heavy atom. The molecule has 1 aromatic heterocycles. The highest BCUT2D eigenvalue weighted by atomic mass is 14.6. The molecule has 0 spiro atoms. The van der Waals surface area contributed by atoms with Crippen LogP contribution in [-0.2, 0) is 21.7 Å². The lowest BCUT2D eigenvalue weighted by molar-refractivity contribution is 0.589. The van der Waals surface area contributed by atoms with Crippen LogP contribution in [-0.4, -0.2) is 4.98 Å². The third-order valence-electron chi connectivity index (χ3n) is 13.0. The third kappa shape index (κ3) is 11.9. The molecule has 6 aromatic rings. The van der Waals surface area contributed by atoms with Crippen LogP contribution in [0.15, 0.2) is 116 Å². The highest BCUT2D eigenvalue weighted by Crippen LogP contribution is 2.37. The minimum atomic E-state index is -0.315. The predicted molar refractivity (Wildman–Crippen MR) is 298 cm³/mol. The smallest absolute Gasteiger partial charge is 0.0998 e. The number of nitrogens with zero attached hydrogens (tertiary/aromatic N) is 6. The monoisotopic (exact) mass is 936 g/mol. The second kappa shape index (κ2) is 20.0. The fraction of sp³-hybridized carbons (Fsp3) is 0.242. The summed E-state index contributed by atoms with van der Waals surface area (Å²) in [5.41, 5.74) is 13.7. The minimum Gasteiger partial charge on any atom is -0.265 e. The first kappa shape index (κ1) is 51.3. The molecule has 0 saturated carbocycles. The van der Waals surface area contributed by atoms with Gasteiger partial charge in [0.15, 0.2) is 0 Å². The Hall–Kier alpha value is -8.60. The van der Waals surface area contributed by atoms with Crippen molar-refractivity contribution in [3.63, 3.8) is 0 Å². The van der Waals surface area contributed by atoms with E-state index in [0.29, 0.717) is 61.2 Å². The van der Waals surface area contributed by atoms with E-state index in [0.717, 1.165) is 55.6 Å². The van der Waals surface area contributed by atoms with Crippen molar-refractivity contribution in [2.45, 2.75) is 105 Å². The van der Waals surface area contributed by atoms with Gasteiger partial charge in [-0.05, 0) is 220 Å². The van der Waals surface area contributed by atoms with Crippen molar-refractivity contribution >= 4 is 58.2 Å². The lowest BCUT2D eigenvalue weighted by atomic mass is 9.82. The zero-order chi connectivity index (χ0) is 52.3. The molecule has 1 aliphatic rings. The molecule has 72 heavy (non-hydrogen) atoms. The van der Waals surface area contributed by atoms with Gasteiger partial charge in [-0.2, -0.15) is 26.3 Å². The summed E-state index contributed by atoms with van der Waals surface area (Å²) in [5.74, 6) is 0. The summed E-state index contributed by atoms with van der Waals surface area (Å²) < 4.78 is 0. The summed E-state index contributed by atoms with van der Waals surface area (Å²) in [6, 6.07) is 46.4. The first-order valence-electron chi connectivity index (χ1n) is 24.2. The SMILES string of the molecule is CC(C)(C)c1cc2cc(c1)C(C#N)=Cc1cc(cc(C(C)(C)C)c1)/C(C#N)=C/c1cc(cc(C(C)(C)C)c1)/C(C#N)=C/c1cc(cc(-c3ccncc3)c1)/C(C#N)=C/c1cc(cc(C(C)(C)C)c1)/C(C#N)=C/2. The van der Waals surface area contributed by atoms with Crippen LogP contribution in [0.2, 0.25) is 0 Å². The molecule has 7 rings (SSSR count). The van der Waals surface area contributed by atoms with Crippen LogP contribution in [0.1, 0.15) is 161 Å². The Morgan fingerprint density at radius 2 is 0.500 bits per heavy atom. The van der Waals surface area contributed by atoms with Crippen LogP contribution >= 0.6 is 0 Å². The summed E-state index contributed by atoms with van der Waals surface area (Å²) in [5, 5.41) is 54.8. The van der Waals surface area contributed by atoms with Gasteiger partial charge in [-0.3, -0.25) is 4.98 Å². The average Bonchev–Trinajstić information content (AvgIpc) is 3.33. The van der Waals surface area contributed by atoms with E-state index in [1.165, 1.54) is 0 Å². The van der Waals surface area contributed by atoms with Crippen LogP contribution in [0, 0.1) is 56.7 Å². The van der Waals surface area contributed by atoms with E-state index >= 15 is 0 Å². The largest absolute Gasteiger partial charge is 0.265 e. The van der Waals surface area contributed by atoms with Crippen molar-refractivity contribution in [2.24, 2.45) is 0 Å². The summed E-state index contributed by atoms with van der Waals surface area (Å²) in [6.45, 7) is 25.5. The molecule has 0 unspecified atom stereocenters. The summed E-state index contributed by atoms with van der Waals surface area (Å²) in [7, 11) is 0. The van der Waals surface area contributed by atoms with E-state index in [4.69, 9.17) is 0 Å². The third-order valence-corrected chi connectivity index (χ3v) is 13.0. The second-order valence-corrected chi connectivity index (χ2v) is 22.8. The van der Waals surface area contributed by atoms with Crippen LogP contribution in [0.25, 0.3) is 69.4 Å². The lowest BCUT2D eigenvalue weighted by Crippen LogP contribution is -2.12. The summed E-state index contributed by atoms with van der Waals surface area (Å²) >= 11 is 0. The standard InChI is InChI=1S/C66H60N6/c1-63(2,3)59-28-43-19-51(34-59)56(39-69)26-45-21-53(36-61(30-45)65(7,8)9)58(41-71)27-46-22-52(35-62(31-46)66(10,11)12)57(40-70)25-44-20-50(33-60(29-44)64(4,5)6)55(38-68)23-42-17-48(47-13-15-72-16-14-47)32-49(18-42)54(24-43)37-67/h13-36H,1-12H3/b54-24+,55-23+,56-26+,57-25+,58-27?. The second-order valence-electron chi connectivity index (χ2n) is 22.8.